The molecule has 1 heterocycles. The van der Waals surface area contributed by atoms with Crippen LogP contribution in [0.5, 0.6) is 0 Å². The molecule has 1 aliphatic heterocycles. The minimum Gasteiger partial charge on any atom is -0.378 e. The maximum absolute atomic E-state index is 13.3. The third kappa shape index (κ3) is 3.01. The molecule has 0 unspecified atom stereocenters. The van der Waals surface area contributed by atoms with Gasteiger partial charge in [0, 0.05) is 19.2 Å². The lowest BCUT2D eigenvalue weighted by atomic mass is 10.2. The van der Waals surface area contributed by atoms with E-state index >= 15 is 0 Å². The summed E-state index contributed by atoms with van der Waals surface area (Å²) in [6, 6.07) is 0.111. The number of hydrogen-bond donors (Lipinski definition) is 1. The lowest BCUT2D eigenvalue weighted by Crippen LogP contribution is -2.43. The lowest BCUT2D eigenvalue weighted by molar-refractivity contribution is -0.133. The SMILES string of the molecule is O=C(CNc1c(F)c(F)cc(F)c1F)N1CCOCC1. The van der Waals surface area contributed by atoms with Gasteiger partial charge in [0.2, 0.25) is 5.91 Å². The van der Waals surface area contributed by atoms with Gasteiger partial charge in [-0.05, 0) is 0 Å². The highest BCUT2D eigenvalue weighted by atomic mass is 19.2. The van der Waals surface area contributed by atoms with Crippen molar-refractivity contribution in [2.24, 2.45) is 0 Å². The number of carbonyl (C=O) groups excluding carboxylic acids is 1. The molecule has 1 aromatic carbocycles. The monoisotopic (exact) mass is 292 g/mol. The summed E-state index contributed by atoms with van der Waals surface area (Å²) in [7, 11) is 0. The summed E-state index contributed by atoms with van der Waals surface area (Å²) in [5.74, 6) is -6.59. The minimum absolute atomic E-state index is 0.111. The highest BCUT2D eigenvalue weighted by Gasteiger charge is 2.21. The van der Waals surface area contributed by atoms with Crippen LogP contribution in [0.15, 0.2) is 6.07 Å². The smallest absolute Gasteiger partial charge is 0.242 e. The van der Waals surface area contributed by atoms with E-state index in [4.69, 9.17) is 4.74 Å². The van der Waals surface area contributed by atoms with E-state index in [9.17, 15) is 22.4 Å². The molecule has 0 saturated carbocycles. The first-order valence-corrected chi connectivity index (χ1v) is 5.93. The van der Waals surface area contributed by atoms with E-state index < -0.39 is 41.4 Å². The summed E-state index contributed by atoms with van der Waals surface area (Å²) in [5.41, 5.74) is -0.982. The van der Waals surface area contributed by atoms with Gasteiger partial charge in [0.1, 0.15) is 5.69 Å². The van der Waals surface area contributed by atoms with Gasteiger partial charge >= 0.3 is 0 Å². The van der Waals surface area contributed by atoms with Gasteiger partial charge in [-0.3, -0.25) is 4.79 Å². The van der Waals surface area contributed by atoms with E-state index in [1.165, 1.54) is 4.90 Å². The number of anilines is 1. The number of benzene rings is 1. The van der Waals surface area contributed by atoms with Crippen LogP contribution in [-0.2, 0) is 9.53 Å². The zero-order valence-electron chi connectivity index (χ0n) is 10.4. The van der Waals surface area contributed by atoms with Gasteiger partial charge < -0.3 is 15.0 Å². The molecule has 1 saturated heterocycles. The van der Waals surface area contributed by atoms with Crippen LogP contribution in [0.2, 0.25) is 0 Å². The largest absolute Gasteiger partial charge is 0.378 e. The van der Waals surface area contributed by atoms with Crippen molar-refractivity contribution in [3.63, 3.8) is 0 Å². The first-order valence-electron chi connectivity index (χ1n) is 5.93. The maximum atomic E-state index is 13.3. The van der Waals surface area contributed by atoms with Crippen LogP contribution in [0.25, 0.3) is 0 Å². The first-order chi connectivity index (χ1) is 9.50. The number of hydrogen-bond acceptors (Lipinski definition) is 3. The van der Waals surface area contributed by atoms with Crippen LogP contribution in [-0.4, -0.2) is 43.7 Å². The van der Waals surface area contributed by atoms with E-state index in [0.717, 1.165) is 0 Å². The van der Waals surface area contributed by atoms with E-state index in [0.29, 0.717) is 26.3 Å². The summed E-state index contributed by atoms with van der Waals surface area (Å²) in [5, 5.41) is 2.10. The number of amides is 1. The molecular weight excluding hydrogens is 280 g/mol. The molecule has 1 aliphatic rings. The van der Waals surface area contributed by atoms with Crippen molar-refractivity contribution in [2.45, 2.75) is 0 Å². The number of halogens is 4. The molecule has 8 heteroatoms. The number of ether oxygens (including phenoxy) is 1. The Kier molecular flexibility index (Phi) is 4.43. The van der Waals surface area contributed by atoms with Crippen molar-refractivity contribution in [1.82, 2.24) is 4.90 Å². The Balaban J connectivity index is 2.05. The van der Waals surface area contributed by atoms with Crippen molar-refractivity contribution >= 4 is 11.6 Å². The number of nitrogens with zero attached hydrogens (tertiary/aromatic N) is 1. The van der Waals surface area contributed by atoms with Gasteiger partial charge in [-0.2, -0.15) is 0 Å². The third-order valence-corrected chi connectivity index (χ3v) is 2.89. The van der Waals surface area contributed by atoms with Gasteiger partial charge in [0.05, 0.1) is 19.8 Å². The number of rotatable bonds is 3. The molecule has 110 valence electrons. The highest BCUT2D eigenvalue weighted by Crippen LogP contribution is 2.23. The van der Waals surface area contributed by atoms with Crippen LogP contribution in [0.1, 0.15) is 0 Å². The van der Waals surface area contributed by atoms with Gasteiger partial charge in [-0.25, -0.2) is 17.6 Å². The Morgan fingerprint density at radius 3 is 2.25 bits per heavy atom. The standard InChI is InChI=1S/C12H12F4N2O2/c13-7-5-8(14)11(16)12(10(7)15)17-6-9(19)18-1-3-20-4-2-18/h5,17H,1-4,6H2. The molecule has 0 aliphatic carbocycles. The van der Waals surface area contributed by atoms with E-state index in [-0.39, 0.29) is 6.07 Å². The topological polar surface area (TPSA) is 41.6 Å². The number of nitrogens with one attached hydrogen (secondary N) is 1. The highest BCUT2D eigenvalue weighted by molar-refractivity contribution is 5.81. The van der Waals surface area contributed by atoms with Crippen LogP contribution in [0.4, 0.5) is 23.2 Å². The predicted octanol–water partition coefficient (Wildman–Crippen LogP) is 1.51. The summed E-state index contributed by atoms with van der Waals surface area (Å²) in [6.07, 6.45) is 0. The molecule has 1 fully saturated rings. The van der Waals surface area contributed by atoms with Crippen molar-refractivity contribution in [3.05, 3.63) is 29.3 Å². The normalized spacial score (nSPS) is 15.3. The Morgan fingerprint density at radius 1 is 1.15 bits per heavy atom. The van der Waals surface area contributed by atoms with Crippen molar-refractivity contribution < 1.29 is 27.1 Å². The lowest BCUT2D eigenvalue weighted by Gasteiger charge is -2.27. The Bertz CT molecular complexity index is 492. The second-order valence-corrected chi connectivity index (χ2v) is 4.19. The van der Waals surface area contributed by atoms with Crippen molar-refractivity contribution in [2.75, 3.05) is 38.2 Å². The van der Waals surface area contributed by atoms with Crippen molar-refractivity contribution in [3.8, 4) is 0 Å². The Labute approximate surface area is 112 Å². The average Bonchev–Trinajstić information content (AvgIpc) is 2.46. The number of carbonyl (C=O) groups is 1. The summed E-state index contributed by atoms with van der Waals surface area (Å²) in [4.78, 5) is 13.2. The molecular formula is C12H12F4N2O2. The van der Waals surface area contributed by atoms with E-state index in [1.54, 1.807) is 0 Å². The van der Waals surface area contributed by atoms with Crippen molar-refractivity contribution in [1.29, 1.82) is 0 Å². The molecule has 2 rings (SSSR count). The molecule has 4 nitrogen and oxygen atoms in total. The van der Waals surface area contributed by atoms with Crippen LogP contribution in [0, 0.1) is 23.3 Å². The fourth-order valence-electron chi connectivity index (χ4n) is 1.82. The molecule has 0 atom stereocenters. The fourth-order valence-corrected chi connectivity index (χ4v) is 1.82. The zero-order valence-corrected chi connectivity index (χ0v) is 10.4. The van der Waals surface area contributed by atoms with Crippen LogP contribution in [0.3, 0.4) is 0 Å². The molecule has 1 aromatic rings. The summed E-state index contributed by atoms with van der Waals surface area (Å²) >= 11 is 0. The first kappa shape index (κ1) is 14.6. The summed E-state index contributed by atoms with van der Waals surface area (Å²) < 4.78 is 57.7. The molecule has 1 N–H and O–H groups in total. The predicted molar refractivity (Wildman–Crippen MR) is 62.2 cm³/mol. The molecule has 0 aromatic heterocycles. The number of morpholine rings is 1. The molecule has 0 bridgehead atoms. The Hall–Kier alpha value is -1.83. The minimum atomic E-state index is -1.56. The fraction of sp³-hybridized carbons (Fsp3) is 0.417. The van der Waals surface area contributed by atoms with Gasteiger partial charge in [-0.1, -0.05) is 0 Å². The second kappa shape index (κ2) is 6.08. The van der Waals surface area contributed by atoms with Gasteiger partial charge in [-0.15, -0.1) is 0 Å². The molecule has 0 spiro atoms. The van der Waals surface area contributed by atoms with Crippen LogP contribution >= 0.6 is 0 Å². The molecule has 0 radical (unpaired) electrons. The quantitative estimate of drug-likeness (QED) is 0.678. The average molecular weight is 292 g/mol. The Morgan fingerprint density at radius 2 is 1.70 bits per heavy atom. The van der Waals surface area contributed by atoms with Gasteiger partial charge in [0.25, 0.3) is 0 Å². The summed E-state index contributed by atoms with van der Waals surface area (Å²) in [6.45, 7) is 1.02. The van der Waals surface area contributed by atoms with E-state index in [2.05, 4.69) is 5.32 Å². The molecule has 20 heavy (non-hydrogen) atoms. The third-order valence-electron chi connectivity index (χ3n) is 2.89. The van der Waals surface area contributed by atoms with Crippen LogP contribution < -0.4 is 5.32 Å². The maximum Gasteiger partial charge on any atom is 0.242 e. The zero-order chi connectivity index (χ0) is 14.7. The second-order valence-electron chi connectivity index (χ2n) is 4.19. The molecule has 1 amide bonds. The van der Waals surface area contributed by atoms with E-state index in [1.807, 2.05) is 0 Å². The van der Waals surface area contributed by atoms with Gasteiger partial charge in [0.15, 0.2) is 23.3 Å².